The molecule has 7 nitrogen and oxygen atoms in total. The molecule has 1 atom stereocenters. The van der Waals surface area contributed by atoms with Crippen LogP contribution in [0.2, 0.25) is 5.15 Å². The van der Waals surface area contributed by atoms with E-state index in [0.717, 1.165) is 62.6 Å². The van der Waals surface area contributed by atoms with Crippen LogP contribution in [0.25, 0.3) is 11.3 Å². The van der Waals surface area contributed by atoms with Crippen molar-refractivity contribution in [1.29, 1.82) is 0 Å². The van der Waals surface area contributed by atoms with Gasteiger partial charge in [-0.3, -0.25) is 0 Å². The van der Waals surface area contributed by atoms with Crippen molar-refractivity contribution in [2.24, 2.45) is 0 Å². The molecule has 0 unspecified atom stereocenters. The van der Waals surface area contributed by atoms with E-state index in [4.69, 9.17) is 21.6 Å². The first-order valence-corrected chi connectivity index (χ1v) is 11.8. The molecule has 0 bridgehead atoms. The lowest BCUT2D eigenvalue weighted by Crippen LogP contribution is -2.52. The van der Waals surface area contributed by atoms with Gasteiger partial charge in [-0.25, -0.2) is 19.3 Å². The number of benzene rings is 1. The van der Waals surface area contributed by atoms with E-state index in [1.165, 1.54) is 0 Å². The fourth-order valence-electron chi connectivity index (χ4n) is 4.54. The van der Waals surface area contributed by atoms with E-state index >= 15 is 0 Å². The van der Waals surface area contributed by atoms with E-state index in [9.17, 15) is 4.39 Å². The number of halogens is 2. The van der Waals surface area contributed by atoms with E-state index in [2.05, 4.69) is 31.6 Å². The Bertz CT molecular complexity index is 1150. The van der Waals surface area contributed by atoms with E-state index in [1.807, 2.05) is 12.1 Å². The third-order valence-corrected chi connectivity index (χ3v) is 6.68. The lowest BCUT2D eigenvalue weighted by Gasteiger charge is -2.41. The molecule has 0 saturated carbocycles. The Hall–Kier alpha value is -3.00. The Labute approximate surface area is 198 Å². The van der Waals surface area contributed by atoms with Crippen LogP contribution in [0.5, 0.6) is 0 Å². The van der Waals surface area contributed by atoms with Crippen molar-refractivity contribution < 1.29 is 4.39 Å². The van der Waals surface area contributed by atoms with Gasteiger partial charge < -0.3 is 14.7 Å². The van der Waals surface area contributed by atoms with Crippen LogP contribution in [0.3, 0.4) is 0 Å². The van der Waals surface area contributed by atoms with Crippen LogP contribution in [0.15, 0.2) is 36.7 Å². The zero-order chi connectivity index (χ0) is 22.9. The second-order valence-corrected chi connectivity index (χ2v) is 9.09. The van der Waals surface area contributed by atoms with Gasteiger partial charge in [0.05, 0.1) is 5.69 Å². The van der Waals surface area contributed by atoms with Crippen LogP contribution in [0.1, 0.15) is 25.3 Å². The van der Waals surface area contributed by atoms with Crippen molar-refractivity contribution in [3.05, 3.63) is 53.2 Å². The number of nitrogens with zero attached hydrogens (tertiary/aromatic N) is 7. The van der Waals surface area contributed by atoms with Gasteiger partial charge in [0.15, 0.2) is 11.0 Å². The highest BCUT2D eigenvalue weighted by Crippen LogP contribution is 2.30. The van der Waals surface area contributed by atoms with Gasteiger partial charge in [0.1, 0.15) is 11.6 Å². The first kappa shape index (κ1) is 21.8. The molecule has 9 heteroatoms. The van der Waals surface area contributed by atoms with Crippen LogP contribution >= 0.6 is 11.6 Å². The van der Waals surface area contributed by atoms with Gasteiger partial charge in [0, 0.05) is 62.8 Å². The van der Waals surface area contributed by atoms with E-state index in [0.29, 0.717) is 22.5 Å². The maximum Gasteiger partial charge on any atom is 0.227 e. The normalized spacial score (nSPS) is 18.8. The van der Waals surface area contributed by atoms with Gasteiger partial charge in [0.25, 0.3) is 0 Å². The van der Waals surface area contributed by atoms with Gasteiger partial charge in [-0.05, 0) is 38.3 Å². The molecule has 0 amide bonds. The minimum absolute atomic E-state index is 0.167. The second kappa shape index (κ2) is 9.09. The van der Waals surface area contributed by atoms with Crippen LogP contribution < -0.4 is 14.7 Å². The first-order chi connectivity index (χ1) is 16.0. The Balaban J connectivity index is 1.47. The predicted octanol–water partition coefficient (Wildman–Crippen LogP) is 4.35. The van der Waals surface area contributed by atoms with Gasteiger partial charge in [-0.1, -0.05) is 23.7 Å². The highest BCUT2D eigenvalue weighted by atomic mass is 35.5. The molecule has 2 aliphatic heterocycles. The number of rotatable bonds is 4. The molecule has 4 heterocycles. The summed E-state index contributed by atoms with van der Waals surface area (Å²) in [7, 11) is 0. The average Bonchev–Trinajstić information content (AvgIpc) is 3.36. The molecule has 5 rings (SSSR count). The standard InChI is InChI=1S/C24H27ClFN7/c1-16-5-6-18(13-19(16)26)20-14-21(30-24(29-20)31-9-3-4-10-31)33-12-11-32(15-17(33)2)23-22(25)27-7-8-28-23/h5-8,13-14,17H,3-4,9-12,15H2,1-2H3/t17-/m1/s1. The van der Waals surface area contributed by atoms with E-state index in [1.54, 1.807) is 31.5 Å². The summed E-state index contributed by atoms with van der Waals surface area (Å²) >= 11 is 6.28. The molecule has 0 aliphatic carbocycles. The molecule has 0 N–H and O–H groups in total. The predicted molar refractivity (Wildman–Crippen MR) is 130 cm³/mol. The van der Waals surface area contributed by atoms with Crippen LogP contribution in [0.4, 0.5) is 22.0 Å². The second-order valence-electron chi connectivity index (χ2n) is 8.73. The molecule has 33 heavy (non-hydrogen) atoms. The highest BCUT2D eigenvalue weighted by Gasteiger charge is 2.28. The summed E-state index contributed by atoms with van der Waals surface area (Å²) in [5, 5.41) is 0.417. The Kier molecular flexibility index (Phi) is 6.01. The molecule has 3 aromatic rings. The summed E-state index contributed by atoms with van der Waals surface area (Å²) in [6.07, 6.45) is 5.53. The summed E-state index contributed by atoms with van der Waals surface area (Å²) in [6, 6.07) is 7.43. The van der Waals surface area contributed by atoms with E-state index < -0.39 is 0 Å². The topological polar surface area (TPSA) is 61.3 Å². The third-order valence-electron chi connectivity index (χ3n) is 6.41. The molecule has 2 fully saturated rings. The van der Waals surface area contributed by atoms with Crippen LogP contribution in [0, 0.1) is 12.7 Å². The maximum atomic E-state index is 14.3. The minimum Gasteiger partial charge on any atom is -0.350 e. The number of aromatic nitrogens is 4. The quantitative estimate of drug-likeness (QED) is 0.565. The SMILES string of the molecule is Cc1ccc(-c2cc(N3CCN(c4nccnc4Cl)C[C@H]3C)nc(N3CCCC3)n2)cc1F. The molecule has 1 aromatic carbocycles. The summed E-state index contributed by atoms with van der Waals surface area (Å²) in [5.41, 5.74) is 2.13. The molecular weight excluding hydrogens is 441 g/mol. The molecular formula is C24H27ClFN7. The van der Waals surface area contributed by atoms with Crippen molar-refractivity contribution in [1.82, 2.24) is 19.9 Å². The fraction of sp³-hybridized carbons (Fsp3) is 0.417. The Morgan fingerprint density at radius 3 is 2.48 bits per heavy atom. The number of aryl methyl sites for hydroxylation is 1. The molecule has 2 saturated heterocycles. The van der Waals surface area contributed by atoms with Gasteiger partial charge in [0.2, 0.25) is 5.95 Å². The fourth-order valence-corrected chi connectivity index (χ4v) is 4.77. The Morgan fingerprint density at radius 1 is 0.970 bits per heavy atom. The van der Waals surface area contributed by atoms with Gasteiger partial charge in [-0.15, -0.1) is 0 Å². The zero-order valence-corrected chi connectivity index (χ0v) is 19.6. The lowest BCUT2D eigenvalue weighted by molar-refractivity contribution is 0.542. The number of piperazine rings is 1. The molecule has 0 radical (unpaired) electrons. The van der Waals surface area contributed by atoms with Gasteiger partial charge in [-0.2, -0.15) is 4.98 Å². The first-order valence-electron chi connectivity index (χ1n) is 11.4. The van der Waals surface area contributed by atoms with Crippen LogP contribution in [-0.4, -0.2) is 58.7 Å². The summed E-state index contributed by atoms with van der Waals surface area (Å²) in [6.45, 7) is 8.08. The van der Waals surface area contributed by atoms with Crippen molar-refractivity contribution >= 4 is 29.2 Å². The smallest absolute Gasteiger partial charge is 0.227 e. The molecule has 2 aromatic heterocycles. The lowest BCUT2D eigenvalue weighted by atomic mass is 10.1. The Morgan fingerprint density at radius 2 is 1.76 bits per heavy atom. The number of anilines is 3. The summed E-state index contributed by atoms with van der Waals surface area (Å²) in [5.74, 6) is 2.06. The van der Waals surface area contributed by atoms with Gasteiger partial charge >= 0.3 is 0 Å². The van der Waals surface area contributed by atoms with E-state index in [-0.39, 0.29) is 11.9 Å². The number of hydrogen-bond acceptors (Lipinski definition) is 7. The summed E-state index contributed by atoms with van der Waals surface area (Å²) < 4.78 is 14.3. The van der Waals surface area contributed by atoms with Crippen molar-refractivity contribution in [2.75, 3.05) is 47.4 Å². The van der Waals surface area contributed by atoms with Crippen molar-refractivity contribution in [3.8, 4) is 11.3 Å². The molecule has 2 aliphatic rings. The minimum atomic E-state index is -0.224. The van der Waals surface area contributed by atoms with Crippen molar-refractivity contribution in [2.45, 2.75) is 32.7 Å². The molecule has 172 valence electrons. The largest absolute Gasteiger partial charge is 0.350 e. The monoisotopic (exact) mass is 467 g/mol. The summed E-state index contributed by atoms with van der Waals surface area (Å²) in [4.78, 5) is 25.0. The maximum absolute atomic E-state index is 14.3. The van der Waals surface area contributed by atoms with Crippen LogP contribution in [-0.2, 0) is 0 Å². The average molecular weight is 468 g/mol. The van der Waals surface area contributed by atoms with Crippen molar-refractivity contribution in [3.63, 3.8) is 0 Å². The molecule has 0 spiro atoms. The highest BCUT2D eigenvalue weighted by molar-refractivity contribution is 6.31. The third kappa shape index (κ3) is 4.44. The number of hydrogen-bond donors (Lipinski definition) is 0. The zero-order valence-electron chi connectivity index (χ0n) is 18.9.